The Hall–Kier alpha value is -2.18. The Morgan fingerprint density at radius 3 is 2.12 bits per heavy atom. The first kappa shape index (κ1) is 24.0. The highest BCUT2D eigenvalue weighted by molar-refractivity contribution is 9.10. The fraction of sp³-hybridized carbons (Fsp3) is 0.481. The lowest BCUT2D eigenvalue weighted by atomic mass is 9.82. The highest BCUT2D eigenvalue weighted by Gasteiger charge is 2.39. The van der Waals surface area contributed by atoms with Crippen LogP contribution in [-0.4, -0.2) is 58.3 Å². The van der Waals surface area contributed by atoms with Gasteiger partial charge in [-0.05, 0) is 88.4 Å². The number of rotatable bonds is 4. The fourth-order valence-corrected chi connectivity index (χ4v) is 5.77. The van der Waals surface area contributed by atoms with E-state index in [2.05, 4.69) is 32.9 Å². The van der Waals surface area contributed by atoms with Crippen LogP contribution in [0, 0.1) is 19.8 Å². The molecular formula is C27H34BrN3O2. The van der Waals surface area contributed by atoms with Crippen LogP contribution in [-0.2, 0) is 0 Å². The van der Waals surface area contributed by atoms with E-state index >= 15 is 0 Å². The van der Waals surface area contributed by atoms with Crippen molar-refractivity contribution in [2.45, 2.75) is 52.0 Å². The van der Waals surface area contributed by atoms with Gasteiger partial charge in [-0.2, -0.15) is 0 Å². The van der Waals surface area contributed by atoms with Crippen molar-refractivity contribution in [1.29, 1.82) is 0 Å². The molecule has 2 fully saturated rings. The number of aryl methyl sites for hydroxylation is 2. The van der Waals surface area contributed by atoms with Crippen molar-refractivity contribution in [3.05, 3.63) is 69.2 Å². The minimum atomic E-state index is 0.108. The SMILES string of the molecule is Cc1cccc(C)c1C(=O)N1CCC(C)(N2CCC(/C(=N\O)c3ccc(Br)cc3)CC2)CC1. The largest absolute Gasteiger partial charge is 0.411 e. The van der Waals surface area contributed by atoms with Crippen molar-refractivity contribution in [2.24, 2.45) is 11.1 Å². The molecule has 0 saturated carbocycles. The number of halogens is 1. The van der Waals surface area contributed by atoms with Crippen LogP contribution in [0.1, 0.15) is 59.7 Å². The minimum absolute atomic E-state index is 0.108. The maximum Gasteiger partial charge on any atom is 0.254 e. The summed E-state index contributed by atoms with van der Waals surface area (Å²) in [6.45, 7) is 9.97. The fourth-order valence-electron chi connectivity index (χ4n) is 5.51. The molecule has 0 unspecified atom stereocenters. The van der Waals surface area contributed by atoms with Gasteiger partial charge in [-0.15, -0.1) is 0 Å². The summed E-state index contributed by atoms with van der Waals surface area (Å²) < 4.78 is 1.02. The Kier molecular flexibility index (Phi) is 7.25. The van der Waals surface area contributed by atoms with Gasteiger partial charge in [0, 0.05) is 34.6 Å². The van der Waals surface area contributed by atoms with Crippen LogP contribution in [0.3, 0.4) is 0 Å². The molecule has 2 aliphatic heterocycles. The molecule has 1 N–H and O–H groups in total. The number of benzene rings is 2. The average molecular weight is 512 g/mol. The number of hydrogen-bond donors (Lipinski definition) is 1. The number of amides is 1. The lowest BCUT2D eigenvalue weighted by Crippen LogP contribution is -2.56. The summed E-state index contributed by atoms with van der Waals surface area (Å²) in [5.74, 6) is 0.436. The third-order valence-electron chi connectivity index (χ3n) is 7.72. The maximum absolute atomic E-state index is 13.2. The summed E-state index contributed by atoms with van der Waals surface area (Å²) in [5.41, 5.74) is 4.87. The van der Waals surface area contributed by atoms with Gasteiger partial charge in [-0.1, -0.05) is 51.4 Å². The summed E-state index contributed by atoms with van der Waals surface area (Å²) in [7, 11) is 0. The van der Waals surface area contributed by atoms with Crippen LogP contribution >= 0.6 is 15.9 Å². The summed E-state index contributed by atoms with van der Waals surface area (Å²) >= 11 is 3.47. The highest BCUT2D eigenvalue weighted by atomic mass is 79.9. The number of oxime groups is 1. The molecule has 0 spiro atoms. The molecule has 0 atom stereocenters. The molecule has 0 bridgehead atoms. The van der Waals surface area contributed by atoms with Crippen molar-refractivity contribution in [3.63, 3.8) is 0 Å². The van der Waals surface area contributed by atoms with Crippen molar-refractivity contribution in [2.75, 3.05) is 26.2 Å². The topological polar surface area (TPSA) is 56.1 Å². The second kappa shape index (κ2) is 9.98. The quantitative estimate of drug-likeness (QED) is 0.327. The summed E-state index contributed by atoms with van der Waals surface area (Å²) in [6.07, 6.45) is 3.94. The van der Waals surface area contributed by atoms with Crippen molar-refractivity contribution >= 4 is 27.5 Å². The van der Waals surface area contributed by atoms with Crippen LogP contribution in [0.4, 0.5) is 0 Å². The zero-order valence-corrected chi connectivity index (χ0v) is 21.4. The van der Waals surface area contributed by atoms with Crippen LogP contribution in [0.25, 0.3) is 0 Å². The smallest absolute Gasteiger partial charge is 0.254 e. The molecular weight excluding hydrogens is 478 g/mol. The molecule has 33 heavy (non-hydrogen) atoms. The first-order chi connectivity index (χ1) is 15.8. The second-order valence-electron chi connectivity index (χ2n) is 9.81. The Morgan fingerprint density at radius 2 is 1.58 bits per heavy atom. The molecule has 0 aromatic heterocycles. The summed E-state index contributed by atoms with van der Waals surface area (Å²) in [4.78, 5) is 17.8. The van der Waals surface area contributed by atoms with E-state index in [1.54, 1.807) is 0 Å². The Labute approximate surface area is 205 Å². The van der Waals surface area contributed by atoms with Gasteiger partial charge in [0.25, 0.3) is 5.91 Å². The van der Waals surface area contributed by atoms with Crippen molar-refractivity contribution in [1.82, 2.24) is 9.80 Å². The predicted molar refractivity (Wildman–Crippen MR) is 136 cm³/mol. The van der Waals surface area contributed by atoms with Gasteiger partial charge < -0.3 is 10.1 Å². The Morgan fingerprint density at radius 1 is 1.00 bits per heavy atom. The van der Waals surface area contributed by atoms with E-state index in [1.807, 2.05) is 61.2 Å². The first-order valence-electron chi connectivity index (χ1n) is 11.9. The number of nitrogens with zero attached hydrogens (tertiary/aromatic N) is 3. The third kappa shape index (κ3) is 5.02. The van der Waals surface area contributed by atoms with Crippen LogP contribution in [0.15, 0.2) is 52.1 Å². The molecule has 2 aromatic carbocycles. The molecule has 4 rings (SSSR count). The lowest BCUT2D eigenvalue weighted by Gasteiger charge is -2.49. The Bertz CT molecular complexity index is 998. The third-order valence-corrected chi connectivity index (χ3v) is 8.24. The molecule has 2 saturated heterocycles. The number of carbonyl (C=O) groups is 1. The highest BCUT2D eigenvalue weighted by Crippen LogP contribution is 2.34. The molecule has 2 aliphatic rings. The zero-order chi connectivity index (χ0) is 23.6. The average Bonchev–Trinajstić information content (AvgIpc) is 2.81. The normalized spacial score (nSPS) is 20.1. The molecule has 6 heteroatoms. The molecule has 176 valence electrons. The van der Waals surface area contributed by atoms with E-state index in [0.717, 1.165) is 84.3 Å². The number of likely N-dealkylation sites (tertiary alicyclic amines) is 2. The van der Waals surface area contributed by atoms with Crippen molar-refractivity contribution < 1.29 is 10.0 Å². The van der Waals surface area contributed by atoms with E-state index in [-0.39, 0.29) is 17.4 Å². The van der Waals surface area contributed by atoms with Crippen LogP contribution < -0.4 is 0 Å². The number of hydrogen-bond acceptors (Lipinski definition) is 4. The molecule has 2 heterocycles. The summed E-state index contributed by atoms with van der Waals surface area (Å²) in [5, 5.41) is 13.4. The van der Waals surface area contributed by atoms with Gasteiger partial charge in [0.05, 0.1) is 5.71 Å². The summed E-state index contributed by atoms with van der Waals surface area (Å²) in [6, 6.07) is 14.1. The van der Waals surface area contributed by atoms with Gasteiger partial charge >= 0.3 is 0 Å². The minimum Gasteiger partial charge on any atom is -0.411 e. The molecule has 5 nitrogen and oxygen atoms in total. The van der Waals surface area contributed by atoms with Gasteiger partial charge in [-0.25, -0.2) is 0 Å². The van der Waals surface area contributed by atoms with Gasteiger partial charge in [-0.3, -0.25) is 9.69 Å². The van der Waals surface area contributed by atoms with E-state index in [9.17, 15) is 10.0 Å². The van der Waals surface area contributed by atoms with Crippen molar-refractivity contribution in [3.8, 4) is 0 Å². The molecule has 0 aliphatic carbocycles. The number of piperidine rings is 2. The number of carbonyl (C=O) groups excluding carboxylic acids is 1. The molecule has 1 amide bonds. The van der Waals surface area contributed by atoms with Gasteiger partial charge in [0.15, 0.2) is 0 Å². The van der Waals surface area contributed by atoms with E-state index in [4.69, 9.17) is 0 Å². The zero-order valence-electron chi connectivity index (χ0n) is 19.9. The van der Waals surface area contributed by atoms with Gasteiger partial charge in [0.1, 0.15) is 0 Å². The van der Waals surface area contributed by atoms with Gasteiger partial charge in [0.2, 0.25) is 0 Å². The second-order valence-corrected chi connectivity index (χ2v) is 10.7. The standard InChI is InChI=1S/C27H34BrN3O2/c1-19-5-4-6-20(2)24(19)26(32)30-17-13-27(3,14-18-30)31-15-11-22(12-16-31)25(29-33)21-7-9-23(28)10-8-21/h4-10,22,33H,11-18H2,1-3H3/b29-25-. The molecule has 2 aromatic rings. The van der Waals surface area contributed by atoms with Crippen LogP contribution in [0.5, 0.6) is 0 Å². The Balaban J connectivity index is 1.36. The maximum atomic E-state index is 13.2. The predicted octanol–water partition coefficient (Wildman–Crippen LogP) is 5.65. The lowest BCUT2D eigenvalue weighted by molar-refractivity contribution is 0.0162. The van der Waals surface area contributed by atoms with E-state index in [1.165, 1.54) is 0 Å². The van der Waals surface area contributed by atoms with Crippen LogP contribution in [0.2, 0.25) is 0 Å². The van der Waals surface area contributed by atoms with E-state index in [0.29, 0.717) is 0 Å². The monoisotopic (exact) mass is 511 g/mol. The molecule has 0 radical (unpaired) electrons. The first-order valence-corrected chi connectivity index (χ1v) is 12.7. The van der Waals surface area contributed by atoms with E-state index < -0.39 is 0 Å².